The molecular weight excluding hydrogens is 444 g/mol. The quantitative estimate of drug-likeness (QED) is 0.519. The van der Waals surface area contributed by atoms with E-state index in [1.165, 1.54) is 6.07 Å². The number of carboxylic acid groups (broad SMARTS) is 1. The van der Waals surface area contributed by atoms with Crippen LogP contribution in [0, 0.1) is 18.3 Å². The summed E-state index contributed by atoms with van der Waals surface area (Å²) in [5, 5.41) is 22.6. The average molecular weight is 467 g/mol. The van der Waals surface area contributed by atoms with E-state index in [2.05, 4.69) is 21.4 Å². The maximum Gasteiger partial charge on any atom is 0.356 e. The first kappa shape index (κ1) is 22.7. The predicted molar refractivity (Wildman–Crippen MR) is 125 cm³/mol. The van der Waals surface area contributed by atoms with E-state index in [1.54, 1.807) is 13.2 Å². The highest BCUT2D eigenvalue weighted by Crippen LogP contribution is 2.31. The molecule has 0 saturated carbocycles. The first-order valence-electron chi connectivity index (χ1n) is 10.5. The number of ether oxygens (including phenoxy) is 1. The summed E-state index contributed by atoms with van der Waals surface area (Å²) in [6.07, 6.45) is 0.931. The van der Waals surface area contributed by atoms with Crippen LogP contribution in [0.5, 0.6) is 0 Å². The van der Waals surface area contributed by atoms with Crippen molar-refractivity contribution in [3.8, 4) is 6.07 Å². The second kappa shape index (κ2) is 9.17. The van der Waals surface area contributed by atoms with Gasteiger partial charge < -0.3 is 20.1 Å². The monoisotopic (exact) mass is 466 g/mol. The van der Waals surface area contributed by atoms with E-state index < -0.39 is 5.97 Å². The van der Waals surface area contributed by atoms with Gasteiger partial charge in [-0.15, -0.1) is 0 Å². The molecule has 1 saturated heterocycles. The lowest BCUT2D eigenvalue weighted by Crippen LogP contribution is -2.24. The lowest BCUT2D eigenvalue weighted by Gasteiger charge is -2.22. The Kier molecular flexibility index (Phi) is 6.31. The number of hydrogen-bond acceptors (Lipinski definition) is 8. The molecule has 1 aliphatic heterocycles. The maximum atomic E-state index is 11.6. The summed E-state index contributed by atoms with van der Waals surface area (Å²) in [7, 11) is 1.68. The lowest BCUT2D eigenvalue weighted by molar-refractivity contribution is 0.0691. The molecule has 0 aliphatic carbocycles. The molecule has 0 amide bonds. The van der Waals surface area contributed by atoms with Crippen LogP contribution in [0.2, 0.25) is 5.15 Å². The van der Waals surface area contributed by atoms with Gasteiger partial charge in [-0.05, 0) is 44.0 Å². The van der Waals surface area contributed by atoms with Crippen LogP contribution < -0.4 is 10.2 Å². The Hall–Kier alpha value is -3.48. The van der Waals surface area contributed by atoms with Crippen LogP contribution in [0.3, 0.4) is 0 Å². The summed E-state index contributed by atoms with van der Waals surface area (Å²) in [4.78, 5) is 27.1. The molecule has 1 aliphatic rings. The van der Waals surface area contributed by atoms with Crippen molar-refractivity contribution in [3.63, 3.8) is 0 Å². The summed E-state index contributed by atoms with van der Waals surface area (Å²) in [6.45, 7) is 5.21. The number of hydrogen-bond donors (Lipinski definition) is 2. The number of aryl methyl sites for hydroxylation is 1. The first-order valence-corrected chi connectivity index (χ1v) is 10.8. The van der Waals surface area contributed by atoms with Crippen LogP contribution in [0.4, 0.5) is 11.5 Å². The fraction of sp³-hybridized carbons (Fsp3) is 0.348. The Morgan fingerprint density at radius 1 is 1.36 bits per heavy atom. The molecule has 4 rings (SSSR count). The van der Waals surface area contributed by atoms with E-state index in [0.29, 0.717) is 29.1 Å². The van der Waals surface area contributed by atoms with E-state index in [0.717, 1.165) is 24.1 Å². The number of halogens is 1. The Bertz CT molecular complexity index is 1280. The maximum absolute atomic E-state index is 11.6. The number of rotatable bonds is 6. The third-order valence-electron chi connectivity index (χ3n) is 5.71. The molecule has 10 heteroatoms. The van der Waals surface area contributed by atoms with E-state index in [9.17, 15) is 15.2 Å². The minimum absolute atomic E-state index is 0.0824. The van der Waals surface area contributed by atoms with Gasteiger partial charge in [-0.25, -0.2) is 19.7 Å². The highest BCUT2D eigenvalue weighted by molar-refractivity contribution is 6.29. The van der Waals surface area contributed by atoms with Crippen LogP contribution in [0.15, 0.2) is 24.3 Å². The molecule has 3 aromatic rings. The Morgan fingerprint density at radius 2 is 2.15 bits per heavy atom. The van der Waals surface area contributed by atoms with E-state index in [4.69, 9.17) is 21.3 Å². The average Bonchev–Trinajstić information content (AvgIpc) is 3.27. The number of pyridine rings is 1. The molecule has 0 bridgehead atoms. The molecule has 2 aromatic heterocycles. The minimum atomic E-state index is -1.18. The zero-order chi connectivity index (χ0) is 23.7. The fourth-order valence-corrected chi connectivity index (χ4v) is 4.24. The van der Waals surface area contributed by atoms with Gasteiger partial charge in [0.05, 0.1) is 28.9 Å². The first-order chi connectivity index (χ1) is 15.8. The fourth-order valence-electron chi connectivity index (χ4n) is 4.09. The van der Waals surface area contributed by atoms with Crippen LogP contribution in [0.25, 0.3) is 11.0 Å². The second-order valence-electron chi connectivity index (χ2n) is 8.02. The van der Waals surface area contributed by atoms with Crippen molar-refractivity contribution in [2.75, 3.05) is 30.4 Å². The van der Waals surface area contributed by atoms with E-state index in [-0.39, 0.29) is 28.7 Å². The molecule has 1 fully saturated rings. The van der Waals surface area contributed by atoms with Gasteiger partial charge in [-0.2, -0.15) is 5.26 Å². The summed E-state index contributed by atoms with van der Waals surface area (Å²) in [6, 6.07) is 8.84. The Balaban J connectivity index is 1.78. The normalized spacial score (nSPS) is 16.6. The topological polar surface area (TPSA) is 124 Å². The molecule has 2 atom stereocenters. The largest absolute Gasteiger partial charge is 0.476 e. The van der Waals surface area contributed by atoms with Gasteiger partial charge >= 0.3 is 5.97 Å². The van der Waals surface area contributed by atoms with Gasteiger partial charge in [-0.3, -0.25) is 0 Å². The number of anilines is 2. The summed E-state index contributed by atoms with van der Waals surface area (Å²) < 4.78 is 5.46. The van der Waals surface area contributed by atoms with Crippen molar-refractivity contribution in [3.05, 3.63) is 51.9 Å². The molecule has 1 aromatic carbocycles. The molecular formula is C23H23ClN6O3. The number of methoxy groups -OCH3 is 1. The number of benzene rings is 1. The van der Waals surface area contributed by atoms with Gasteiger partial charge in [0, 0.05) is 25.8 Å². The van der Waals surface area contributed by atoms with Crippen LogP contribution in [-0.2, 0) is 4.74 Å². The number of carbonyl (C=O) groups is 1. The lowest BCUT2D eigenvalue weighted by atomic mass is 10.0. The van der Waals surface area contributed by atoms with Crippen molar-refractivity contribution in [1.29, 1.82) is 5.26 Å². The van der Waals surface area contributed by atoms with Gasteiger partial charge in [-0.1, -0.05) is 17.7 Å². The highest BCUT2D eigenvalue weighted by Gasteiger charge is 2.27. The zero-order valence-corrected chi connectivity index (χ0v) is 19.2. The smallest absolute Gasteiger partial charge is 0.356 e. The molecule has 2 N–H and O–H groups in total. The SMILES string of the molecule is COC1CCN(c2nc3c(C(C)Nc4ccc(Cl)nc4C(=O)O)cc(C)cc3nc2C#N)C1. The third kappa shape index (κ3) is 4.53. The van der Waals surface area contributed by atoms with Crippen molar-refractivity contribution in [1.82, 2.24) is 15.0 Å². The van der Waals surface area contributed by atoms with Crippen molar-refractivity contribution in [2.45, 2.75) is 32.4 Å². The molecule has 33 heavy (non-hydrogen) atoms. The molecule has 0 radical (unpaired) electrons. The number of carboxylic acids is 1. The standard InChI is InChI=1S/C23H23ClN6O3/c1-12-8-15(13(2)26-16-4-5-19(24)28-21(16)23(31)32)20-17(9-12)27-18(10-25)22(29-20)30-7-6-14(11-30)33-3/h4-5,8-9,13-14,26H,6-7,11H2,1-3H3,(H,31,32). The minimum Gasteiger partial charge on any atom is -0.476 e. The molecule has 170 valence electrons. The van der Waals surface area contributed by atoms with Crippen LogP contribution in [0.1, 0.15) is 46.7 Å². The number of nitrogens with one attached hydrogen (secondary N) is 1. The van der Waals surface area contributed by atoms with E-state index in [1.807, 2.05) is 30.9 Å². The Morgan fingerprint density at radius 3 is 2.82 bits per heavy atom. The predicted octanol–water partition coefficient (Wildman–Crippen LogP) is 3.95. The number of aromatic nitrogens is 3. The van der Waals surface area contributed by atoms with Gasteiger partial charge in [0.15, 0.2) is 17.2 Å². The number of nitriles is 1. The van der Waals surface area contributed by atoms with Gasteiger partial charge in [0.2, 0.25) is 0 Å². The number of nitrogens with zero attached hydrogens (tertiary/aromatic N) is 5. The van der Waals surface area contributed by atoms with Crippen LogP contribution in [-0.4, -0.2) is 52.3 Å². The highest BCUT2D eigenvalue weighted by atomic mass is 35.5. The molecule has 2 unspecified atom stereocenters. The number of fused-ring (bicyclic) bond motifs is 1. The molecule has 0 spiro atoms. The van der Waals surface area contributed by atoms with Crippen molar-refractivity contribution < 1.29 is 14.6 Å². The van der Waals surface area contributed by atoms with Crippen molar-refractivity contribution >= 4 is 40.1 Å². The zero-order valence-electron chi connectivity index (χ0n) is 18.5. The van der Waals surface area contributed by atoms with Gasteiger partial charge in [0.25, 0.3) is 0 Å². The summed E-state index contributed by atoms with van der Waals surface area (Å²) in [5.74, 6) is -0.648. The van der Waals surface area contributed by atoms with E-state index >= 15 is 0 Å². The second-order valence-corrected chi connectivity index (χ2v) is 8.41. The third-order valence-corrected chi connectivity index (χ3v) is 5.92. The number of aromatic carboxylic acids is 1. The van der Waals surface area contributed by atoms with Crippen LogP contribution >= 0.6 is 11.6 Å². The Labute approximate surface area is 196 Å². The summed E-state index contributed by atoms with van der Waals surface area (Å²) >= 11 is 5.88. The van der Waals surface area contributed by atoms with Gasteiger partial charge in [0.1, 0.15) is 11.2 Å². The molecule has 3 heterocycles. The van der Waals surface area contributed by atoms with Crippen molar-refractivity contribution in [2.24, 2.45) is 0 Å². The molecule has 9 nitrogen and oxygen atoms in total. The summed E-state index contributed by atoms with van der Waals surface area (Å²) in [5.41, 5.74) is 3.49.